The smallest absolute Gasteiger partial charge is 0.407 e. The molecule has 1 rings (SSSR count). The van der Waals surface area contributed by atoms with Crippen molar-refractivity contribution in [2.24, 2.45) is 0 Å². The lowest BCUT2D eigenvalue weighted by molar-refractivity contribution is 0.109. The number of amides is 1. The van der Waals surface area contributed by atoms with Crippen LogP contribution in [0.25, 0.3) is 0 Å². The second kappa shape index (κ2) is 6.66. The number of hydrogen-bond acceptors (Lipinski definition) is 4. The lowest BCUT2D eigenvalue weighted by Crippen LogP contribution is -2.24. The molecule has 88 valence electrons. The van der Waals surface area contributed by atoms with E-state index in [1.807, 2.05) is 6.92 Å². The molecular formula is C11H15NO4. The maximum atomic E-state index is 11.1. The van der Waals surface area contributed by atoms with E-state index in [9.17, 15) is 9.59 Å². The molecule has 0 aliphatic carbocycles. The van der Waals surface area contributed by atoms with Crippen molar-refractivity contribution in [2.45, 2.75) is 26.4 Å². The van der Waals surface area contributed by atoms with Crippen LogP contribution in [0.4, 0.5) is 4.79 Å². The first-order chi connectivity index (χ1) is 7.76. The zero-order valence-electron chi connectivity index (χ0n) is 9.19. The molecule has 0 aliphatic heterocycles. The van der Waals surface area contributed by atoms with E-state index in [1.165, 1.54) is 6.07 Å². The minimum atomic E-state index is -0.475. The van der Waals surface area contributed by atoms with Gasteiger partial charge in [-0.2, -0.15) is 0 Å². The van der Waals surface area contributed by atoms with Gasteiger partial charge in [0, 0.05) is 6.54 Å². The lowest BCUT2D eigenvalue weighted by Gasteiger charge is -2.04. The number of nitrogens with one attached hydrogen (secondary N) is 1. The van der Waals surface area contributed by atoms with Crippen LogP contribution < -0.4 is 5.32 Å². The number of rotatable bonds is 6. The number of carbonyl (C=O) groups is 2. The Labute approximate surface area is 93.8 Å². The normalized spacial score (nSPS) is 9.81. The van der Waals surface area contributed by atoms with Gasteiger partial charge in [0.05, 0.1) is 0 Å². The molecule has 0 fully saturated rings. The zero-order chi connectivity index (χ0) is 11.8. The summed E-state index contributed by atoms with van der Waals surface area (Å²) < 4.78 is 9.91. The summed E-state index contributed by atoms with van der Waals surface area (Å²) in [6.07, 6.45) is 2.06. The Balaban J connectivity index is 2.23. The molecule has 16 heavy (non-hydrogen) atoms. The van der Waals surface area contributed by atoms with Crippen molar-refractivity contribution in [3.63, 3.8) is 0 Å². The molecule has 1 amide bonds. The molecule has 0 radical (unpaired) electrons. The third-order valence-corrected chi connectivity index (χ3v) is 1.94. The number of alkyl carbamates (subject to hydrolysis) is 1. The maximum absolute atomic E-state index is 11.1. The summed E-state index contributed by atoms with van der Waals surface area (Å²) in [6.45, 7) is 2.68. The highest BCUT2D eigenvalue weighted by molar-refractivity contribution is 5.70. The average Bonchev–Trinajstić information content (AvgIpc) is 2.74. The van der Waals surface area contributed by atoms with Gasteiger partial charge in [-0.1, -0.05) is 13.3 Å². The summed E-state index contributed by atoms with van der Waals surface area (Å²) in [5, 5.41) is 2.60. The Bertz CT molecular complexity index is 346. The lowest BCUT2D eigenvalue weighted by atomic mass is 10.3. The van der Waals surface area contributed by atoms with Crippen LogP contribution in [0.1, 0.15) is 36.1 Å². The van der Waals surface area contributed by atoms with Gasteiger partial charge in [0.15, 0.2) is 18.7 Å². The van der Waals surface area contributed by atoms with E-state index in [2.05, 4.69) is 5.32 Å². The van der Waals surface area contributed by atoms with Crippen molar-refractivity contribution >= 4 is 12.4 Å². The van der Waals surface area contributed by atoms with Crippen molar-refractivity contribution in [1.82, 2.24) is 5.32 Å². The van der Waals surface area contributed by atoms with Crippen molar-refractivity contribution in [1.29, 1.82) is 0 Å². The van der Waals surface area contributed by atoms with Crippen molar-refractivity contribution in [3.05, 3.63) is 23.7 Å². The predicted molar refractivity (Wildman–Crippen MR) is 57.2 cm³/mol. The van der Waals surface area contributed by atoms with Crippen LogP contribution in [-0.2, 0) is 11.3 Å². The minimum Gasteiger partial charge on any atom is -0.455 e. The van der Waals surface area contributed by atoms with Gasteiger partial charge < -0.3 is 14.5 Å². The van der Waals surface area contributed by atoms with Gasteiger partial charge in [0.1, 0.15) is 5.76 Å². The highest BCUT2D eigenvalue weighted by Gasteiger charge is 2.05. The van der Waals surface area contributed by atoms with Crippen LogP contribution in [0.3, 0.4) is 0 Å². The fourth-order valence-corrected chi connectivity index (χ4v) is 1.09. The standard InChI is InChI=1S/C11H15NO4/c1-2-3-6-12-11(14)15-8-10-5-4-9(7-13)16-10/h4-5,7H,2-3,6,8H2,1H3,(H,12,14). The second-order valence-electron chi connectivity index (χ2n) is 3.28. The number of ether oxygens (including phenoxy) is 1. The molecule has 5 heteroatoms. The van der Waals surface area contributed by atoms with Gasteiger partial charge >= 0.3 is 6.09 Å². The topological polar surface area (TPSA) is 68.5 Å². The quantitative estimate of drug-likeness (QED) is 0.594. The first-order valence-corrected chi connectivity index (χ1v) is 5.20. The molecule has 0 unspecified atom stereocenters. The van der Waals surface area contributed by atoms with Crippen LogP contribution in [0.2, 0.25) is 0 Å². The molecule has 1 aromatic rings. The van der Waals surface area contributed by atoms with Gasteiger partial charge in [-0.25, -0.2) is 4.79 Å². The Morgan fingerprint density at radius 3 is 3.00 bits per heavy atom. The van der Waals surface area contributed by atoms with Crippen LogP contribution in [0.15, 0.2) is 16.5 Å². The number of furan rings is 1. The fraction of sp³-hybridized carbons (Fsp3) is 0.455. The highest BCUT2D eigenvalue weighted by Crippen LogP contribution is 2.06. The summed E-state index contributed by atoms with van der Waals surface area (Å²) >= 11 is 0. The first-order valence-electron chi connectivity index (χ1n) is 5.20. The van der Waals surface area contributed by atoms with E-state index in [4.69, 9.17) is 9.15 Å². The summed E-state index contributed by atoms with van der Waals surface area (Å²) in [4.78, 5) is 21.4. The SMILES string of the molecule is CCCCNC(=O)OCc1ccc(C=O)o1. The van der Waals surface area contributed by atoms with E-state index in [-0.39, 0.29) is 12.4 Å². The largest absolute Gasteiger partial charge is 0.455 e. The Kier molecular flexibility index (Phi) is 5.11. The molecule has 0 saturated heterocycles. The third kappa shape index (κ3) is 4.16. The molecule has 0 spiro atoms. The molecule has 1 N–H and O–H groups in total. The van der Waals surface area contributed by atoms with E-state index in [0.717, 1.165) is 12.8 Å². The Hall–Kier alpha value is -1.78. The molecule has 0 aromatic carbocycles. The van der Waals surface area contributed by atoms with Crippen molar-refractivity contribution in [2.75, 3.05) is 6.54 Å². The van der Waals surface area contributed by atoms with E-state index in [1.54, 1.807) is 6.07 Å². The van der Waals surface area contributed by atoms with Crippen molar-refractivity contribution < 1.29 is 18.7 Å². The van der Waals surface area contributed by atoms with E-state index in [0.29, 0.717) is 18.6 Å². The molecular weight excluding hydrogens is 210 g/mol. The van der Waals surface area contributed by atoms with Crippen LogP contribution in [-0.4, -0.2) is 18.9 Å². The average molecular weight is 225 g/mol. The minimum absolute atomic E-state index is 0.0335. The predicted octanol–water partition coefficient (Wildman–Crippen LogP) is 2.12. The molecule has 1 heterocycles. The summed E-state index contributed by atoms with van der Waals surface area (Å²) in [5.41, 5.74) is 0. The summed E-state index contributed by atoms with van der Waals surface area (Å²) in [6, 6.07) is 3.13. The maximum Gasteiger partial charge on any atom is 0.407 e. The summed E-state index contributed by atoms with van der Waals surface area (Å²) in [7, 11) is 0. The Morgan fingerprint density at radius 1 is 1.56 bits per heavy atom. The molecule has 0 atom stereocenters. The molecule has 1 aromatic heterocycles. The molecule has 5 nitrogen and oxygen atoms in total. The molecule has 0 saturated carbocycles. The number of carbonyl (C=O) groups excluding carboxylic acids is 2. The number of hydrogen-bond donors (Lipinski definition) is 1. The molecule has 0 aliphatic rings. The number of unbranched alkanes of at least 4 members (excludes halogenated alkanes) is 1. The van der Waals surface area contributed by atoms with Crippen molar-refractivity contribution in [3.8, 4) is 0 Å². The van der Waals surface area contributed by atoms with Crippen LogP contribution in [0.5, 0.6) is 0 Å². The van der Waals surface area contributed by atoms with E-state index >= 15 is 0 Å². The van der Waals surface area contributed by atoms with Gasteiger partial charge in [0.2, 0.25) is 0 Å². The molecule has 0 bridgehead atoms. The monoisotopic (exact) mass is 225 g/mol. The zero-order valence-corrected chi connectivity index (χ0v) is 9.19. The first kappa shape index (κ1) is 12.3. The third-order valence-electron chi connectivity index (χ3n) is 1.94. The van der Waals surface area contributed by atoms with Gasteiger partial charge in [-0.15, -0.1) is 0 Å². The fourth-order valence-electron chi connectivity index (χ4n) is 1.09. The van der Waals surface area contributed by atoms with E-state index < -0.39 is 6.09 Å². The Morgan fingerprint density at radius 2 is 2.38 bits per heavy atom. The van der Waals surface area contributed by atoms with Gasteiger partial charge in [0.25, 0.3) is 0 Å². The number of aldehydes is 1. The highest BCUT2D eigenvalue weighted by atomic mass is 16.6. The second-order valence-corrected chi connectivity index (χ2v) is 3.28. The van der Waals surface area contributed by atoms with Gasteiger partial charge in [-0.05, 0) is 18.6 Å². The summed E-state index contributed by atoms with van der Waals surface area (Å²) in [5.74, 6) is 0.678. The van der Waals surface area contributed by atoms with Crippen LogP contribution in [0, 0.1) is 0 Å². The van der Waals surface area contributed by atoms with Gasteiger partial charge in [-0.3, -0.25) is 4.79 Å². The van der Waals surface area contributed by atoms with Crippen LogP contribution >= 0.6 is 0 Å².